The van der Waals surface area contributed by atoms with Crippen molar-refractivity contribution in [2.75, 3.05) is 31.1 Å². The van der Waals surface area contributed by atoms with Gasteiger partial charge in [0, 0.05) is 37.1 Å². The topological polar surface area (TPSA) is 83.7 Å². The standard InChI is InChI=1S/C25H21ClN6O2S/c26-21-12-6-4-10-19(21)23-28-29-24-20-11-5-7-13-22(20)27-25(32(23)24)30-14-16-31(17-15-30)35(33,34)18-8-2-1-3-9-18/h1-13H,14-17H2. The molecule has 0 bridgehead atoms. The highest BCUT2D eigenvalue weighted by Gasteiger charge is 2.30. The van der Waals surface area contributed by atoms with E-state index < -0.39 is 10.0 Å². The molecule has 1 saturated heterocycles. The van der Waals surface area contributed by atoms with Crippen molar-refractivity contribution in [3.63, 3.8) is 0 Å². The van der Waals surface area contributed by atoms with Gasteiger partial charge in [0.1, 0.15) is 0 Å². The van der Waals surface area contributed by atoms with Gasteiger partial charge in [-0.15, -0.1) is 10.2 Å². The fourth-order valence-electron chi connectivity index (χ4n) is 4.47. The molecule has 35 heavy (non-hydrogen) atoms. The van der Waals surface area contributed by atoms with Crippen LogP contribution in [0.3, 0.4) is 0 Å². The SMILES string of the molecule is O=S(=O)(c1ccccc1)N1CCN(c2nc3ccccc3c3nnc(-c4ccccc4Cl)n23)CC1. The smallest absolute Gasteiger partial charge is 0.243 e. The van der Waals surface area contributed by atoms with Crippen LogP contribution in [0.5, 0.6) is 0 Å². The number of sulfonamides is 1. The van der Waals surface area contributed by atoms with Crippen LogP contribution in [-0.2, 0) is 10.0 Å². The minimum atomic E-state index is -3.55. The number of nitrogens with zero attached hydrogens (tertiary/aromatic N) is 6. The van der Waals surface area contributed by atoms with Gasteiger partial charge in [-0.25, -0.2) is 17.8 Å². The predicted octanol–water partition coefficient (Wildman–Crippen LogP) is 4.11. The lowest BCUT2D eigenvalue weighted by molar-refractivity contribution is 0.382. The van der Waals surface area contributed by atoms with Crippen molar-refractivity contribution in [2.45, 2.75) is 4.90 Å². The summed E-state index contributed by atoms with van der Waals surface area (Å²) in [6, 6.07) is 23.8. The van der Waals surface area contributed by atoms with Crippen LogP contribution in [0.1, 0.15) is 0 Å². The Bertz CT molecular complexity index is 1650. The summed E-state index contributed by atoms with van der Waals surface area (Å²) in [5.41, 5.74) is 2.23. The van der Waals surface area contributed by atoms with Gasteiger partial charge in [-0.1, -0.05) is 54.1 Å². The van der Waals surface area contributed by atoms with E-state index in [1.165, 1.54) is 4.31 Å². The van der Waals surface area contributed by atoms with Crippen molar-refractivity contribution < 1.29 is 8.42 Å². The Balaban J connectivity index is 1.42. The molecule has 10 heteroatoms. The minimum Gasteiger partial charge on any atom is -0.339 e. The van der Waals surface area contributed by atoms with Crippen molar-refractivity contribution in [1.29, 1.82) is 0 Å². The van der Waals surface area contributed by atoms with E-state index in [-0.39, 0.29) is 0 Å². The van der Waals surface area contributed by atoms with Gasteiger partial charge in [-0.05, 0) is 36.4 Å². The van der Waals surface area contributed by atoms with Crippen LogP contribution >= 0.6 is 11.6 Å². The second-order valence-electron chi connectivity index (χ2n) is 8.30. The zero-order valence-corrected chi connectivity index (χ0v) is 20.2. The third kappa shape index (κ3) is 3.72. The first-order valence-corrected chi connectivity index (χ1v) is 13.0. The molecule has 5 aromatic rings. The van der Waals surface area contributed by atoms with Gasteiger partial charge >= 0.3 is 0 Å². The van der Waals surface area contributed by atoms with Crippen LogP contribution in [0.15, 0.2) is 83.8 Å². The molecule has 0 unspecified atom stereocenters. The van der Waals surface area contributed by atoms with E-state index >= 15 is 0 Å². The van der Waals surface area contributed by atoms with E-state index in [0.717, 1.165) is 16.5 Å². The third-order valence-corrected chi connectivity index (χ3v) is 8.49. The molecule has 3 heterocycles. The first-order valence-electron chi connectivity index (χ1n) is 11.2. The molecule has 0 N–H and O–H groups in total. The molecule has 8 nitrogen and oxygen atoms in total. The van der Waals surface area contributed by atoms with Crippen molar-refractivity contribution in [3.8, 4) is 11.4 Å². The summed E-state index contributed by atoms with van der Waals surface area (Å²) < 4.78 is 29.7. The average molecular weight is 505 g/mol. The monoisotopic (exact) mass is 504 g/mol. The Hall–Kier alpha value is -3.53. The lowest BCUT2D eigenvalue weighted by atomic mass is 10.2. The highest BCUT2D eigenvalue weighted by atomic mass is 35.5. The van der Waals surface area contributed by atoms with Crippen LogP contribution in [0.4, 0.5) is 5.95 Å². The van der Waals surface area contributed by atoms with E-state index in [1.807, 2.05) is 59.0 Å². The molecule has 2 aromatic heterocycles. The van der Waals surface area contributed by atoms with E-state index in [9.17, 15) is 8.42 Å². The fraction of sp³-hybridized carbons (Fsp3) is 0.160. The lowest BCUT2D eigenvalue weighted by Gasteiger charge is -2.35. The van der Waals surface area contributed by atoms with Crippen LogP contribution in [-0.4, -0.2) is 58.5 Å². The van der Waals surface area contributed by atoms with E-state index in [1.54, 1.807) is 24.3 Å². The summed E-state index contributed by atoms with van der Waals surface area (Å²) in [5, 5.41) is 10.4. The molecule has 0 radical (unpaired) electrons. The van der Waals surface area contributed by atoms with Crippen LogP contribution in [0.25, 0.3) is 27.9 Å². The molecular weight excluding hydrogens is 484 g/mol. The molecule has 1 aliphatic heterocycles. The van der Waals surface area contributed by atoms with Crippen molar-refractivity contribution in [2.24, 2.45) is 0 Å². The Morgan fingerprint density at radius 1 is 0.771 bits per heavy atom. The number of hydrogen-bond donors (Lipinski definition) is 0. The first kappa shape index (κ1) is 22.0. The molecule has 6 rings (SSSR count). The number of anilines is 1. The molecule has 3 aromatic carbocycles. The number of fused-ring (bicyclic) bond motifs is 3. The van der Waals surface area contributed by atoms with E-state index in [4.69, 9.17) is 16.6 Å². The number of hydrogen-bond acceptors (Lipinski definition) is 6. The summed E-state index contributed by atoms with van der Waals surface area (Å²) in [7, 11) is -3.55. The van der Waals surface area contributed by atoms with Crippen molar-refractivity contribution >= 4 is 44.1 Å². The Labute approximate surface area is 207 Å². The molecular formula is C25H21ClN6O2S. The number of para-hydroxylation sites is 1. The maximum Gasteiger partial charge on any atom is 0.243 e. The number of aromatic nitrogens is 4. The van der Waals surface area contributed by atoms with Gasteiger partial charge in [-0.2, -0.15) is 4.31 Å². The molecule has 1 fully saturated rings. The van der Waals surface area contributed by atoms with Gasteiger partial charge in [0.15, 0.2) is 11.5 Å². The van der Waals surface area contributed by atoms with Gasteiger partial charge in [-0.3, -0.25) is 0 Å². The summed E-state index contributed by atoms with van der Waals surface area (Å²) >= 11 is 6.51. The zero-order chi connectivity index (χ0) is 24.0. The highest BCUT2D eigenvalue weighted by Crippen LogP contribution is 2.32. The third-order valence-electron chi connectivity index (χ3n) is 6.25. The number of piperazine rings is 1. The van der Waals surface area contributed by atoms with E-state index in [2.05, 4.69) is 15.1 Å². The number of rotatable bonds is 4. The summed E-state index contributed by atoms with van der Waals surface area (Å²) in [6.07, 6.45) is 0. The van der Waals surface area contributed by atoms with Gasteiger partial charge in [0.25, 0.3) is 0 Å². The fourth-order valence-corrected chi connectivity index (χ4v) is 6.13. The molecule has 0 saturated carbocycles. The largest absolute Gasteiger partial charge is 0.339 e. The molecule has 1 aliphatic rings. The Morgan fingerprint density at radius 3 is 2.23 bits per heavy atom. The molecule has 0 amide bonds. The van der Waals surface area contributed by atoms with Crippen LogP contribution < -0.4 is 4.90 Å². The molecule has 0 spiro atoms. The summed E-state index contributed by atoms with van der Waals surface area (Å²) in [4.78, 5) is 7.35. The zero-order valence-electron chi connectivity index (χ0n) is 18.6. The summed E-state index contributed by atoms with van der Waals surface area (Å²) in [5.74, 6) is 1.26. The lowest BCUT2D eigenvalue weighted by Crippen LogP contribution is -2.49. The van der Waals surface area contributed by atoms with Crippen molar-refractivity contribution in [3.05, 3.63) is 83.9 Å². The van der Waals surface area contributed by atoms with Crippen LogP contribution in [0.2, 0.25) is 5.02 Å². The maximum absolute atomic E-state index is 13.1. The molecule has 0 atom stereocenters. The Kier molecular flexibility index (Phi) is 5.40. The Morgan fingerprint density at radius 2 is 1.46 bits per heavy atom. The molecule has 0 aliphatic carbocycles. The minimum absolute atomic E-state index is 0.305. The van der Waals surface area contributed by atoms with Gasteiger partial charge < -0.3 is 4.90 Å². The van der Waals surface area contributed by atoms with Gasteiger partial charge in [0.05, 0.1) is 15.4 Å². The first-order chi connectivity index (χ1) is 17.0. The predicted molar refractivity (Wildman–Crippen MR) is 136 cm³/mol. The van der Waals surface area contributed by atoms with Crippen LogP contribution in [0, 0.1) is 0 Å². The summed E-state index contributed by atoms with van der Waals surface area (Å²) in [6.45, 7) is 1.65. The van der Waals surface area contributed by atoms with Crippen molar-refractivity contribution in [1.82, 2.24) is 23.9 Å². The average Bonchev–Trinajstić information content (AvgIpc) is 3.34. The number of benzene rings is 3. The number of halogens is 1. The van der Waals surface area contributed by atoms with E-state index in [0.29, 0.717) is 53.5 Å². The normalized spacial score (nSPS) is 15.2. The maximum atomic E-state index is 13.1. The molecule has 176 valence electrons. The second-order valence-corrected chi connectivity index (χ2v) is 10.6. The van der Waals surface area contributed by atoms with Gasteiger partial charge in [0.2, 0.25) is 16.0 Å². The second kappa shape index (κ2) is 8.60. The quantitative estimate of drug-likeness (QED) is 0.366. The highest BCUT2D eigenvalue weighted by molar-refractivity contribution is 7.89.